The fourth-order valence-corrected chi connectivity index (χ4v) is 2.72. The predicted molar refractivity (Wildman–Crippen MR) is 65.3 cm³/mol. The van der Waals surface area contributed by atoms with Crippen LogP contribution < -0.4 is 11.1 Å². The van der Waals surface area contributed by atoms with Crippen LogP contribution in [0.25, 0.3) is 0 Å². The number of nitrogens with one attached hydrogen (secondary N) is 1. The van der Waals surface area contributed by atoms with Crippen molar-refractivity contribution < 1.29 is 0 Å². The van der Waals surface area contributed by atoms with Gasteiger partial charge in [0.25, 0.3) is 0 Å². The second-order valence-electron chi connectivity index (χ2n) is 3.08. The third-order valence-corrected chi connectivity index (χ3v) is 3.68. The topological polar surface area (TPSA) is 63.8 Å². The Bertz CT molecular complexity index is 409. The lowest BCUT2D eigenvalue weighted by Crippen LogP contribution is -2.07. The maximum absolute atomic E-state index is 5.47. The van der Waals surface area contributed by atoms with Crippen LogP contribution in [0.1, 0.15) is 24.3 Å². The SMILES string of the molecule is CCC(Nc1nc(N)ns1)c1cccs1. The Kier molecular flexibility index (Phi) is 3.17. The molecular formula is C9H12N4S2. The molecule has 80 valence electrons. The molecule has 3 N–H and O–H groups in total. The summed E-state index contributed by atoms with van der Waals surface area (Å²) in [5.74, 6) is 0.337. The molecule has 2 heterocycles. The third-order valence-electron chi connectivity index (χ3n) is 2.03. The van der Waals surface area contributed by atoms with E-state index in [2.05, 4.69) is 39.1 Å². The summed E-state index contributed by atoms with van der Waals surface area (Å²) in [7, 11) is 0. The van der Waals surface area contributed by atoms with Gasteiger partial charge < -0.3 is 11.1 Å². The highest BCUT2D eigenvalue weighted by Crippen LogP contribution is 2.26. The van der Waals surface area contributed by atoms with E-state index in [1.54, 1.807) is 11.3 Å². The molecule has 0 aromatic carbocycles. The maximum atomic E-state index is 5.47. The quantitative estimate of drug-likeness (QED) is 0.862. The molecule has 0 aliphatic rings. The first-order chi connectivity index (χ1) is 7.29. The zero-order valence-corrected chi connectivity index (χ0v) is 9.94. The average molecular weight is 240 g/mol. The van der Waals surface area contributed by atoms with E-state index in [1.807, 2.05) is 0 Å². The van der Waals surface area contributed by atoms with Gasteiger partial charge in [-0.3, -0.25) is 0 Å². The molecule has 4 nitrogen and oxygen atoms in total. The van der Waals surface area contributed by atoms with E-state index in [0.717, 1.165) is 11.6 Å². The van der Waals surface area contributed by atoms with Crippen molar-refractivity contribution in [2.24, 2.45) is 0 Å². The molecule has 0 saturated carbocycles. The maximum Gasteiger partial charge on any atom is 0.233 e. The van der Waals surface area contributed by atoms with Gasteiger partial charge in [-0.2, -0.15) is 9.36 Å². The highest BCUT2D eigenvalue weighted by molar-refractivity contribution is 7.10. The highest BCUT2D eigenvalue weighted by atomic mass is 32.1. The van der Waals surface area contributed by atoms with Crippen LogP contribution in [0, 0.1) is 0 Å². The van der Waals surface area contributed by atoms with Crippen LogP contribution >= 0.6 is 22.9 Å². The zero-order chi connectivity index (χ0) is 10.7. The lowest BCUT2D eigenvalue weighted by Gasteiger charge is -2.13. The molecule has 0 saturated heterocycles. The average Bonchev–Trinajstić information content (AvgIpc) is 2.85. The summed E-state index contributed by atoms with van der Waals surface area (Å²) in [5.41, 5.74) is 5.47. The Morgan fingerprint density at radius 2 is 2.47 bits per heavy atom. The van der Waals surface area contributed by atoms with Crippen LogP contribution in [0.3, 0.4) is 0 Å². The number of rotatable bonds is 4. The van der Waals surface area contributed by atoms with E-state index in [1.165, 1.54) is 16.4 Å². The van der Waals surface area contributed by atoms with Crippen molar-refractivity contribution in [2.75, 3.05) is 11.1 Å². The van der Waals surface area contributed by atoms with Gasteiger partial charge in [0, 0.05) is 16.4 Å². The normalized spacial score (nSPS) is 12.6. The molecule has 15 heavy (non-hydrogen) atoms. The van der Waals surface area contributed by atoms with Crippen LogP contribution in [0.4, 0.5) is 11.1 Å². The molecule has 0 amide bonds. The summed E-state index contributed by atoms with van der Waals surface area (Å²) < 4.78 is 3.93. The van der Waals surface area contributed by atoms with Gasteiger partial charge >= 0.3 is 0 Å². The van der Waals surface area contributed by atoms with Crippen molar-refractivity contribution in [3.05, 3.63) is 22.4 Å². The lowest BCUT2D eigenvalue weighted by atomic mass is 10.2. The van der Waals surface area contributed by atoms with Crippen molar-refractivity contribution in [1.29, 1.82) is 0 Å². The number of hydrogen-bond acceptors (Lipinski definition) is 6. The molecule has 1 unspecified atom stereocenters. The minimum Gasteiger partial charge on any atom is -0.367 e. The number of nitrogens with two attached hydrogens (primary N) is 1. The van der Waals surface area contributed by atoms with E-state index in [-0.39, 0.29) is 0 Å². The Labute approximate surface area is 96.3 Å². The fraction of sp³-hybridized carbons (Fsp3) is 0.333. The lowest BCUT2D eigenvalue weighted by molar-refractivity contribution is 0.763. The first-order valence-corrected chi connectivity index (χ1v) is 6.34. The van der Waals surface area contributed by atoms with Crippen molar-refractivity contribution in [1.82, 2.24) is 9.36 Å². The standard InChI is InChI=1S/C9H12N4S2/c1-2-6(7-4-3-5-14-7)11-9-12-8(10)13-15-9/h3-6H,2H2,1H3,(H3,10,11,12,13). The molecule has 0 spiro atoms. The van der Waals surface area contributed by atoms with Crippen molar-refractivity contribution in [3.63, 3.8) is 0 Å². The van der Waals surface area contributed by atoms with Crippen LogP contribution in [0.15, 0.2) is 17.5 Å². The Balaban J connectivity index is 2.09. The van der Waals surface area contributed by atoms with Crippen molar-refractivity contribution in [3.8, 4) is 0 Å². The molecular weight excluding hydrogens is 228 g/mol. The van der Waals surface area contributed by atoms with Crippen LogP contribution in [-0.4, -0.2) is 9.36 Å². The highest BCUT2D eigenvalue weighted by Gasteiger charge is 2.11. The first-order valence-electron chi connectivity index (χ1n) is 4.68. The molecule has 2 aromatic heterocycles. The number of thiophene rings is 1. The van der Waals surface area contributed by atoms with Crippen LogP contribution in [0.2, 0.25) is 0 Å². The van der Waals surface area contributed by atoms with Gasteiger partial charge in [0.1, 0.15) is 0 Å². The molecule has 0 fully saturated rings. The number of anilines is 2. The summed E-state index contributed by atoms with van der Waals surface area (Å²) in [6.07, 6.45) is 1.01. The van der Waals surface area contributed by atoms with Crippen LogP contribution in [0.5, 0.6) is 0 Å². The summed E-state index contributed by atoms with van der Waals surface area (Å²) >= 11 is 3.04. The monoisotopic (exact) mass is 240 g/mol. The van der Waals surface area contributed by atoms with Crippen molar-refractivity contribution >= 4 is 33.9 Å². The van der Waals surface area contributed by atoms with E-state index in [0.29, 0.717) is 12.0 Å². The second-order valence-corrected chi connectivity index (χ2v) is 4.81. The van der Waals surface area contributed by atoms with Gasteiger partial charge in [0.2, 0.25) is 11.1 Å². The van der Waals surface area contributed by atoms with Crippen molar-refractivity contribution in [2.45, 2.75) is 19.4 Å². The molecule has 6 heteroatoms. The molecule has 0 aliphatic heterocycles. The minimum atomic E-state index is 0.303. The molecule has 1 atom stereocenters. The smallest absolute Gasteiger partial charge is 0.233 e. The number of hydrogen-bond donors (Lipinski definition) is 2. The van der Waals surface area contributed by atoms with Crippen LogP contribution in [-0.2, 0) is 0 Å². The van der Waals surface area contributed by atoms with E-state index >= 15 is 0 Å². The molecule has 0 bridgehead atoms. The number of nitrogen functional groups attached to an aromatic ring is 1. The fourth-order valence-electron chi connectivity index (χ4n) is 1.31. The van der Waals surface area contributed by atoms with Gasteiger partial charge in [0.05, 0.1) is 6.04 Å². The summed E-state index contributed by atoms with van der Waals surface area (Å²) in [5, 5.41) is 6.19. The van der Waals surface area contributed by atoms with E-state index < -0.39 is 0 Å². The zero-order valence-electron chi connectivity index (χ0n) is 8.30. The second kappa shape index (κ2) is 4.59. The van der Waals surface area contributed by atoms with E-state index in [4.69, 9.17) is 5.73 Å². The molecule has 0 radical (unpaired) electrons. The van der Waals surface area contributed by atoms with Gasteiger partial charge in [-0.15, -0.1) is 11.3 Å². The number of nitrogens with zero attached hydrogens (tertiary/aromatic N) is 2. The Morgan fingerprint density at radius 1 is 1.60 bits per heavy atom. The van der Waals surface area contributed by atoms with Gasteiger partial charge in [-0.25, -0.2) is 0 Å². The predicted octanol–water partition coefficient (Wildman–Crippen LogP) is 2.75. The summed E-state index contributed by atoms with van der Waals surface area (Å²) in [6, 6.07) is 4.48. The first kappa shape index (κ1) is 10.4. The Morgan fingerprint density at radius 3 is 3.00 bits per heavy atom. The number of aromatic nitrogens is 2. The molecule has 2 aromatic rings. The summed E-state index contributed by atoms with van der Waals surface area (Å²) in [6.45, 7) is 2.14. The Hall–Kier alpha value is -1.14. The molecule has 0 aliphatic carbocycles. The summed E-state index contributed by atoms with van der Waals surface area (Å²) in [4.78, 5) is 5.40. The van der Waals surface area contributed by atoms with Gasteiger partial charge in [-0.1, -0.05) is 13.0 Å². The van der Waals surface area contributed by atoms with Gasteiger partial charge in [-0.05, 0) is 17.9 Å². The minimum absolute atomic E-state index is 0.303. The van der Waals surface area contributed by atoms with Gasteiger partial charge in [0.15, 0.2) is 0 Å². The third kappa shape index (κ3) is 2.45. The largest absolute Gasteiger partial charge is 0.367 e. The molecule has 2 rings (SSSR count). The van der Waals surface area contributed by atoms with E-state index in [9.17, 15) is 0 Å².